The summed E-state index contributed by atoms with van der Waals surface area (Å²) >= 11 is 5.11. The minimum absolute atomic E-state index is 0.0401. The summed E-state index contributed by atoms with van der Waals surface area (Å²) in [5.74, 6) is -0.233. The van der Waals surface area contributed by atoms with E-state index in [0.29, 0.717) is 11.3 Å². The first kappa shape index (κ1) is 16.4. The van der Waals surface area contributed by atoms with Crippen LogP contribution in [0.25, 0.3) is 0 Å². The quantitative estimate of drug-likeness (QED) is 0.840. The molecular formula is C16H21N3O2S. The molecule has 0 saturated carbocycles. The Labute approximate surface area is 136 Å². The number of carbonyl (C=O) groups excluding carboxylic acids is 2. The van der Waals surface area contributed by atoms with Gasteiger partial charge in [0.1, 0.15) is 0 Å². The Balaban J connectivity index is 2.00. The number of rotatable bonds is 3. The topological polar surface area (TPSA) is 61.4 Å². The Morgan fingerprint density at radius 2 is 1.91 bits per heavy atom. The lowest BCUT2D eigenvalue weighted by atomic mass is 10.2. The number of likely N-dealkylation sites (tertiary alicyclic amines) is 1. The van der Waals surface area contributed by atoms with Crippen molar-refractivity contribution in [1.82, 2.24) is 10.2 Å². The third-order valence-electron chi connectivity index (χ3n) is 3.52. The van der Waals surface area contributed by atoms with Gasteiger partial charge in [-0.2, -0.15) is 0 Å². The van der Waals surface area contributed by atoms with Crippen LogP contribution in [0.4, 0.5) is 5.69 Å². The average Bonchev–Trinajstić information content (AvgIpc) is 3.00. The van der Waals surface area contributed by atoms with Gasteiger partial charge in [0.15, 0.2) is 5.11 Å². The molecule has 1 aromatic rings. The number of thiocarbonyl (C=S) groups is 1. The van der Waals surface area contributed by atoms with Gasteiger partial charge in [0.2, 0.25) is 5.91 Å². The van der Waals surface area contributed by atoms with Crippen molar-refractivity contribution in [3.05, 3.63) is 29.8 Å². The lowest BCUT2D eigenvalue weighted by Crippen LogP contribution is -2.36. The van der Waals surface area contributed by atoms with E-state index in [4.69, 9.17) is 12.2 Å². The summed E-state index contributed by atoms with van der Waals surface area (Å²) in [7, 11) is 0. The van der Waals surface area contributed by atoms with Gasteiger partial charge >= 0.3 is 0 Å². The fourth-order valence-corrected chi connectivity index (χ4v) is 2.47. The highest BCUT2D eigenvalue weighted by Crippen LogP contribution is 2.16. The Morgan fingerprint density at radius 1 is 1.23 bits per heavy atom. The van der Waals surface area contributed by atoms with Gasteiger partial charge < -0.3 is 15.5 Å². The van der Waals surface area contributed by atoms with Gasteiger partial charge in [-0.25, -0.2) is 0 Å². The summed E-state index contributed by atoms with van der Waals surface area (Å²) in [6.07, 6.45) is 2.13. The van der Waals surface area contributed by atoms with Crippen LogP contribution in [-0.2, 0) is 4.79 Å². The number of amides is 2. The molecule has 5 nitrogen and oxygen atoms in total. The maximum atomic E-state index is 12.3. The van der Waals surface area contributed by atoms with Gasteiger partial charge in [0, 0.05) is 30.3 Å². The zero-order chi connectivity index (χ0) is 16.1. The third-order valence-corrected chi connectivity index (χ3v) is 3.73. The van der Waals surface area contributed by atoms with Crippen LogP contribution in [-0.4, -0.2) is 34.9 Å². The predicted molar refractivity (Wildman–Crippen MR) is 90.8 cm³/mol. The van der Waals surface area contributed by atoms with Crippen LogP contribution in [0.1, 0.15) is 37.0 Å². The Morgan fingerprint density at radius 3 is 2.55 bits per heavy atom. The van der Waals surface area contributed by atoms with Crippen LogP contribution in [0, 0.1) is 5.92 Å². The number of anilines is 1. The first-order chi connectivity index (χ1) is 10.5. The van der Waals surface area contributed by atoms with Crippen LogP contribution >= 0.6 is 12.2 Å². The number of hydrogen-bond donors (Lipinski definition) is 2. The van der Waals surface area contributed by atoms with Gasteiger partial charge in [-0.1, -0.05) is 19.9 Å². The first-order valence-corrected chi connectivity index (χ1v) is 7.89. The van der Waals surface area contributed by atoms with Crippen molar-refractivity contribution in [2.45, 2.75) is 26.7 Å². The highest BCUT2D eigenvalue weighted by molar-refractivity contribution is 7.80. The molecule has 118 valence electrons. The van der Waals surface area contributed by atoms with Crippen molar-refractivity contribution in [1.29, 1.82) is 0 Å². The molecule has 0 radical (unpaired) electrons. The van der Waals surface area contributed by atoms with Gasteiger partial charge in [0.05, 0.1) is 0 Å². The third kappa shape index (κ3) is 4.27. The molecule has 0 aromatic heterocycles. The van der Waals surface area contributed by atoms with Gasteiger partial charge in [-0.15, -0.1) is 0 Å². The van der Waals surface area contributed by atoms with Crippen LogP contribution in [0.5, 0.6) is 0 Å². The maximum Gasteiger partial charge on any atom is 0.253 e. The minimum Gasteiger partial charge on any atom is -0.339 e. The van der Waals surface area contributed by atoms with Crippen molar-refractivity contribution < 1.29 is 9.59 Å². The second kappa shape index (κ2) is 7.35. The predicted octanol–water partition coefficient (Wildman–Crippen LogP) is 2.39. The van der Waals surface area contributed by atoms with E-state index in [2.05, 4.69) is 10.6 Å². The Bertz CT molecular complexity index is 581. The molecule has 22 heavy (non-hydrogen) atoms. The zero-order valence-corrected chi connectivity index (χ0v) is 13.7. The van der Waals surface area contributed by atoms with E-state index in [0.717, 1.165) is 25.9 Å². The summed E-state index contributed by atoms with van der Waals surface area (Å²) < 4.78 is 0. The number of nitrogens with one attached hydrogen (secondary N) is 2. The smallest absolute Gasteiger partial charge is 0.253 e. The molecule has 6 heteroatoms. The molecule has 2 amide bonds. The van der Waals surface area contributed by atoms with Gasteiger partial charge in [0.25, 0.3) is 5.91 Å². The van der Waals surface area contributed by atoms with Crippen LogP contribution in [0.15, 0.2) is 24.3 Å². The molecule has 1 aromatic carbocycles. The minimum atomic E-state index is -0.137. The number of hydrogen-bond acceptors (Lipinski definition) is 3. The number of nitrogens with zero attached hydrogens (tertiary/aromatic N) is 1. The molecule has 2 N–H and O–H groups in total. The molecule has 0 aliphatic carbocycles. The van der Waals surface area contributed by atoms with E-state index in [1.807, 2.05) is 11.0 Å². The molecule has 2 rings (SSSR count). The highest BCUT2D eigenvalue weighted by Gasteiger charge is 2.19. The second-order valence-corrected chi connectivity index (χ2v) is 6.09. The summed E-state index contributed by atoms with van der Waals surface area (Å²) in [5.41, 5.74) is 1.32. The first-order valence-electron chi connectivity index (χ1n) is 7.48. The van der Waals surface area contributed by atoms with E-state index < -0.39 is 0 Å². The summed E-state index contributed by atoms with van der Waals surface area (Å²) in [5, 5.41) is 5.80. The van der Waals surface area contributed by atoms with Crippen molar-refractivity contribution in [2.75, 3.05) is 18.4 Å². The van der Waals surface area contributed by atoms with E-state index in [1.165, 1.54) is 0 Å². The zero-order valence-electron chi connectivity index (χ0n) is 12.9. The van der Waals surface area contributed by atoms with Gasteiger partial charge in [-0.3, -0.25) is 9.59 Å². The van der Waals surface area contributed by atoms with Gasteiger partial charge in [-0.05, 0) is 43.3 Å². The molecule has 0 atom stereocenters. The molecule has 0 bridgehead atoms. The van der Waals surface area contributed by atoms with Crippen LogP contribution in [0.2, 0.25) is 0 Å². The van der Waals surface area contributed by atoms with Crippen molar-refractivity contribution >= 4 is 34.8 Å². The van der Waals surface area contributed by atoms with E-state index >= 15 is 0 Å². The fourth-order valence-electron chi connectivity index (χ4n) is 2.25. The molecule has 1 fully saturated rings. The molecule has 0 spiro atoms. The second-order valence-electron chi connectivity index (χ2n) is 5.68. The summed E-state index contributed by atoms with van der Waals surface area (Å²) in [4.78, 5) is 25.8. The van der Waals surface area contributed by atoms with E-state index in [1.54, 1.807) is 32.0 Å². The Hall–Kier alpha value is -1.95. The summed E-state index contributed by atoms with van der Waals surface area (Å²) in [6.45, 7) is 5.24. The van der Waals surface area contributed by atoms with E-state index in [-0.39, 0.29) is 22.8 Å². The van der Waals surface area contributed by atoms with Crippen molar-refractivity contribution in [3.63, 3.8) is 0 Å². The molecule has 1 heterocycles. The van der Waals surface area contributed by atoms with E-state index in [9.17, 15) is 9.59 Å². The van der Waals surface area contributed by atoms with Crippen LogP contribution in [0.3, 0.4) is 0 Å². The molecule has 1 aliphatic heterocycles. The molecule has 1 saturated heterocycles. The largest absolute Gasteiger partial charge is 0.339 e. The number of carbonyl (C=O) groups is 2. The standard InChI is InChI=1S/C16H21N3O2S/c1-11(2)14(20)18-16(22)17-13-7-5-6-12(10-13)15(21)19-8-3-4-9-19/h5-7,10-11H,3-4,8-9H2,1-2H3,(H2,17,18,20,22). The lowest BCUT2D eigenvalue weighted by molar-refractivity contribution is -0.122. The maximum absolute atomic E-state index is 12.3. The molecular weight excluding hydrogens is 298 g/mol. The van der Waals surface area contributed by atoms with Crippen molar-refractivity contribution in [3.8, 4) is 0 Å². The fraction of sp³-hybridized carbons (Fsp3) is 0.438. The normalized spacial score (nSPS) is 14.0. The molecule has 1 aliphatic rings. The van der Waals surface area contributed by atoms with Crippen LogP contribution < -0.4 is 10.6 Å². The lowest BCUT2D eigenvalue weighted by Gasteiger charge is -2.16. The van der Waals surface area contributed by atoms with Crippen molar-refractivity contribution in [2.24, 2.45) is 5.92 Å². The monoisotopic (exact) mass is 319 g/mol. The number of benzene rings is 1. The SMILES string of the molecule is CC(C)C(=O)NC(=S)Nc1cccc(C(=O)N2CCCC2)c1. The highest BCUT2D eigenvalue weighted by atomic mass is 32.1. The Kier molecular flexibility index (Phi) is 5.49. The summed E-state index contributed by atoms with van der Waals surface area (Å²) in [6, 6.07) is 7.17. The molecule has 0 unspecified atom stereocenters. The average molecular weight is 319 g/mol.